The third-order valence-corrected chi connectivity index (χ3v) is 12.1. The maximum atomic E-state index is 12.9. The molecule has 1 aromatic carbocycles. The number of ether oxygens (including phenoxy) is 1. The summed E-state index contributed by atoms with van der Waals surface area (Å²) in [5, 5.41) is 2.78. The maximum Gasteiger partial charge on any atom is 0.407 e. The van der Waals surface area contributed by atoms with Crippen molar-refractivity contribution in [3.63, 3.8) is 0 Å². The Hall–Kier alpha value is -1.34. The fourth-order valence-corrected chi connectivity index (χ4v) is 8.32. The van der Waals surface area contributed by atoms with Crippen LogP contribution in [0.4, 0.5) is 4.79 Å². The highest BCUT2D eigenvalue weighted by Gasteiger charge is 2.35. The topological polar surface area (TPSA) is 72.5 Å². The molecule has 0 fully saturated rings. The van der Waals surface area contributed by atoms with Crippen LogP contribution in [0.5, 0.6) is 0 Å². The fraction of sp³-hybridized carbons (Fsp3) is 0.650. The first-order valence-corrected chi connectivity index (χ1v) is 14.7. The zero-order chi connectivity index (χ0) is 20.9. The van der Waals surface area contributed by atoms with E-state index in [0.29, 0.717) is 12.8 Å². The van der Waals surface area contributed by atoms with Crippen molar-refractivity contribution >= 4 is 24.0 Å². The van der Waals surface area contributed by atoms with Crippen LogP contribution in [-0.2, 0) is 21.0 Å². The van der Waals surface area contributed by atoms with Crippen LogP contribution in [0.25, 0.3) is 0 Å². The largest absolute Gasteiger partial charge is 0.444 e. The summed E-state index contributed by atoms with van der Waals surface area (Å²) < 4.78 is 31.1. The highest BCUT2D eigenvalue weighted by molar-refractivity contribution is 7.93. The Kier molecular flexibility index (Phi) is 8.10. The molecule has 1 amide bonds. The van der Waals surface area contributed by atoms with Crippen LogP contribution in [0.15, 0.2) is 30.3 Å². The van der Waals surface area contributed by atoms with E-state index < -0.39 is 35.6 Å². The summed E-state index contributed by atoms with van der Waals surface area (Å²) in [5.41, 5.74) is 0.489. The average molecular weight is 414 g/mol. The van der Waals surface area contributed by atoms with E-state index in [1.807, 2.05) is 30.3 Å². The molecule has 0 aliphatic carbocycles. The molecule has 0 heterocycles. The molecule has 0 aliphatic heterocycles. The third-order valence-electron chi connectivity index (χ3n) is 4.54. The van der Waals surface area contributed by atoms with Gasteiger partial charge in [-0.1, -0.05) is 56.9 Å². The Balaban J connectivity index is 2.90. The molecule has 1 N–H and O–H groups in total. The van der Waals surface area contributed by atoms with E-state index in [-0.39, 0.29) is 10.6 Å². The van der Waals surface area contributed by atoms with Gasteiger partial charge in [0.1, 0.15) is 5.60 Å². The van der Waals surface area contributed by atoms with E-state index in [1.54, 1.807) is 27.7 Å². The van der Waals surface area contributed by atoms with Crippen molar-refractivity contribution in [2.24, 2.45) is 0 Å². The van der Waals surface area contributed by atoms with E-state index in [2.05, 4.69) is 25.0 Å². The lowest BCUT2D eigenvalue weighted by atomic mass is 10.1. The average Bonchev–Trinajstić information content (AvgIpc) is 2.49. The van der Waals surface area contributed by atoms with Crippen molar-refractivity contribution in [1.82, 2.24) is 5.32 Å². The van der Waals surface area contributed by atoms with Crippen LogP contribution in [-0.4, -0.2) is 44.9 Å². The highest BCUT2D eigenvalue weighted by Crippen LogP contribution is 2.19. The number of benzene rings is 1. The first-order valence-electron chi connectivity index (χ1n) is 9.46. The summed E-state index contributed by atoms with van der Waals surface area (Å²) in [7, 11) is -5.18. The molecule has 27 heavy (non-hydrogen) atoms. The molecule has 154 valence electrons. The minimum Gasteiger partial charge on any atom is -0.444 e. The number of rotatable bonds is 8. The van der Waals surface area contributed by atoms with Gasteiger partial charge in [0.25, 0.3) is 0 Å². The highest BCUT2D eigenvalue weighted by atomic mass is 32.2. The Labute approximate surface area is 165 Å². The molecule has 2 atom stereocenters. The molecular weight excluding hydrogens is 378 g/mol. The number of hydrogen-bond acceptors (Lipinski definition) is 4. The SMILES string of the molecule is C[C@@H]([Si](C)(C)C)S(=O)(=O)CC(CCc1ccccc1)NC(=O)OC(C)(C)C. The van der Waals surface area contributed by atoms with Gasteiger partial charge in [-0.2, -0.15) is 0 Å². The van der Waals surface area contributed by atoms with Crippen LogP contribution >= 0.6 is 0 Å². The molecule has 0 spiro atoms. The number of carbonyl (C=O) groups is 1. The molecule has 0 bridgehead atoms. The van der Waals surface area contributed by atoms with Gasteiger partial charge in [-0.3, -0.25) is 0 Å². The van der Waals surface area contributed by atoms with Gasteiger partial charge in [0.2, 0.25) is 0 Å². The van der Waals surface area contributed by atoms with Crippen LogP contribution in [0, 0.1) is 0 Å². The van der Waals surface area contributed by atoms with Gasteiger partial charge in [0, 0.05) is 6.04 Å². The summed E-state index contributed by atoms with van der Waals surface area (Å²) in [4.78, 5) is 11.8. The van der Waals surface area contributed by atoms with E-state index >= 15 is 0 Å². The number of alkyl carbamates (subject to hydrolysis) is 1. The number of sulfone groups is 1. The fourth-order valence-electron chi connectivity index (χ4n) is 2.62. The van der Waals surface area contributed by atoms with Gasteiger partial charge in [-0.15, -0.1) is 0 Å². The number of hydrogen-bond donors (Lipinski definition) is 1. The van der Waals surface area contributed by atoms with Crippen molar-refractivity contribution in [3.05, 3.63) is 35.9 Å². The second kappa shape index (κ2) is 9.23. The molecule has 1 rings (SSSR count). The predicted molar refractivity (Wildman–Crippen MR) is 115 cm³/mol. The molecule has 0 saturated heterocycles. The number of carbonyl (C=O) groups excluding carboxylic acids is 1. The van der Waals surface area contributed by atoms with Gasteiger partial charge in [-0.05, 0) is 39.2 Å². The Morgan fingerprint density at radius 3 is 2.19 bits per heavy atom. The monoisotopic (exact) mass is 413 g/mol. The van der Waals surface area contributed by atoms with E-state index in [1.165, 1.54) is 0 Å². The van der Waals surface area contributed by atoms with E-state index in [4.69, 9.17) is 4.74 Å². The zero-order valence-electron chi connectivity index (χ0n) is 17.7. The van der Waals surface area contributed by atoms with Crippen LogP contribution in [0.2, 0.25) is 19.6 Å². The molecular formula is C20H35NO4SSi. The van der Waals surface area contributed by atoms with Gasteiger partial charge in [-0.25, -0.2) is 13.2 Å². The quantitative estimate of drug-likeness (QED) is 0.649. The van der Waals surface area contributed by atoms with Crippen molar-refractivity contribution < 1.29 is 17.9 Å². The second-order valence-electron chi connectivity index (χ2n) is 9.21. The number of nitrogens with one attached hydrogen (secondary N) is 1. The summed E-state index contributed by atoms with van der Waals surface area (Å²) >= 11 is 0. The first kappa shape index (κ1) is 23.7. The molecule has 1 unspecified atom stereocenters. The van der Waals surface area contributed by atoms with Gasteiger partial charge >= 0.3 is 6.09 Å². The molecule has 0 saturated carbocycles. The minimum absolute atomic E-state index is 0.0650. The van der Waals surface area contributed by atoms with Gasteiger partial charge in [0.05, 0.1) is 18.7 Å². The normalized spacial score (nSPS) is 15.1. The molecule has 7 heteroatoms. The smallest absolute Gasteiger partial charge is 0.407 e. The molecule has 5 nitrogen and oxygen atoms in total. The lowest BCUT2D eigenvalue weighted by molar-refractivity contribution is 0.0507. The summed E-state index contributed by atoms with van der Waals surface area (Å²) in [6.45, 7) is 13.3. The Morgan fingerprint density at radius 1 is 1.15 bits per heavy atom. The summed E-state index contributed by atoms with van der Waals surface area (Å²) in [6, 6.07) is 9.38. The van der Waals surface area contributed by atoms with Crippen molar-refractivity contribution in [1.29, 1.82) is 0 Å². The minimum atomic E-state index is -3.32. The van der Waals surface area contributed by atoms with Crippen LogP contribution in [0.3, 0.4) is 0 Å². The summed E-state index contributed by atoms with van der Waals surface area (Å²) in [5.74, 6) is -0.0650. The molecule has 0 radical (unpaired) electrons. The molecule has 0 aliphatic rings. The van der Waals surface area contributed by atoms with E-state index in [9.17, 15) is 13.2 Å². The zero-order valence-corrected chi connectivity index (χ0v) is 19.5. The first-order chi connectivity index (χ1) is 12.2. The number of aryl methyl sites for hydroxylation is 1. The lowest BCUT2D eigenvalue weighted by Gasteiger charge is -2.28. The van der Waals surface area contributed by atoms with E-state index in [0.717, 1.165) is 5.56 Å². The Bertz CT molecular complexity index is 706. The van der Waals surface area contributed by atoms with Crippen molar-refractivity contribution in [2.45, 2.75) is 76.7 Å². The summed E-state index contributed by atoms with van der Waals surface area (Å²) in [6.07, 6.45) is 0.662. The van der Waals surface area contributed by atoms with Crippen LogP contribution < -0.4 is 5.32 Å². The van der Waals surface area contributed by atoms with Crippen molar-refractivity contribution in [2.75, 3.05) is 5.75 Å². The lowest BCUT2D eigenvalue weighted by Crippen LogP contribution is -2.48. The third kappa shape index (κ3) is 8.93. The van der Waals surface area contributed by atoms with Gasteiger partial charge in [0.15, 0.2) is 9.84 Å². The maximum absolute atomic E-state index is 12.9. The second-order valence-corrected chi connectivity index (χ2v) is 17.6. The Morgan fingerprint density at radius 2 is 1.70 bits per heavy atom. The van der Waals surface area contributed by atoms with Crippen molar-refractivity contribution in [3.8, 4) is 0 Å². The molecule has 0 aromatic heterocycles. The predicted octanol–water partition coefficient (Wildman–Crippen LogP) is 4.19. The number of amides is 1. The standard InChI is InChI=1S/C20H35NO4SSi/c1-16(27(5,6)7)26(23,24)15-18(21-19(22)25-20(2,3)4)14-13-17-11-9-8-10-12-17/h8-12,16,18H,13-15H2,1-7H3,(H,21,22)/t16-,18?/m1/s1. The van der Waals surface area contributed by atoms with Gasteiger partial charge < -0.3 is 10.1 Å². The van der Waals surface area contributed by atoms with Crippen LogP contribution in [0.1, 0.15) is 39.7 Å². The molecule has 1 aromatic rings.